The number of ether oxygens (including phenoxy) is 1. The fourth-order valence-corrected chi connectivity index (χ4v) is 3.06. The summed E-state index contributed by atoms with van der Waals surface area (Å²) < 4.78 is 5.57. The Labute approximate surface area is 138 Å². The number of benzene rings is 1. The number of nitrogens with one attached hydrogen (secondary N) is 2. The molecule has 0 bridgehead atoms. The molecule has 0 saturated carbocycles. The van der Waals surface area contributed by atoms with Crippen molar-refractivity contribution in [2.24, 2.45) is 4.99 Å². The minimum absolute atomic E-state index is 0.0394. The molecule has 22 heavy (non-hydrogen) atoms. The summed E-state index contributed by atoms with van der Waals surface area (Å²) in [5.74, 6) is 0.836. The van der Waals surface area contributed by atoms with Gasteiger partial charge in [0.2, 0.25) is 0 Å². The summed E-state index contributed by atoms with van der Waals surface area (Å²) in [5.41, 5.74) is 1.31. The van der Waals surface area contributed by atoms with Crippen LogP contribution in [0.2, 0.25) is 5.02 Å². The van der Waals surface area contributed by atoms with Gasteiger partial charge in [-0.2, -0.15) is 0 Å². The summed E-state index contributed by atoms with van der Waals surface area (Å²) in [6, 6.07) is 8.54. The molecular formula is C17H26ClN3O. The molecule has 1 saturated heterocycles. The predicted octanol–water partition coefficient (Wildman–Crippen LogP) is 2.96. The fourth-order valence-electron chi connectivity index (χ4n) is 2.87. The number of rotatable bonds is 4. The zero-order valence-electron chi connectivity index (χ0n) is 13.7. The second kappa shape index (κ2) is 7.84. The van der Waals surface area contributed by atoms with Crippen LogP contribution in [0.25, 0.3) is 0 Å². The lowest BCUT2D eigenvalue weighted by Crippen LogP contribution is -2.49. The molecule has 5 heteroatoms. The molecule has 0 amide bonds. The average Bonchev–Trinajstić information content (AvgIpc) is 2.52. The first-order valence-electron chi connectivity index (χ1n) is 7.87. The molecular weight excluding hydrogens is 298 g/mol. The Morgan fingerprint density at radius 2 is 2.09 bits per heavy atom. The van der Waals surface area contributed by atoms with Crippen molar-refractivity contribution in [2.45, 2.75) is 38.1 Å². The fraction of sp³-hybridized carbons (Fsp3) is 0.588. The molecule has 0 spiro atoms. The molecule has 122 valence electrons. The van der Waals surface area contributed by atoms with Gasteiger partial charge in [-0.15, -0.1) is 0 Å². The normalized spacial score (nSPS) is 18.3. The van der Waals surface area contributed by atoms with Gasteiger partial charge in [0.05, 0.1) is 0 Å². The third kappa shape index (κ3) is 4.37. The van der Waals surface area contributed by atoms with Crippen LogP contribution in [-0.4, -0.2) is 38.8 Å². The molecule has 0 atom stereocenters. The van der Waals surface area contributed by atoms with E-state index in [9.17, 15) is 0 Å². The SMILES string of the molecule is CN=C(NCC1(c2cccc(Cl)c2)CCOCC1)NC(C)C. The first-order valence-corrected chi connectivity index (χ1v) is 8.24. The monoisotopic (exact) mass is 323 g/mol. The lowest BCUT2D eigenvalue weighted by molar-refractivity contribution is 0.0513. The maximum absolute atomic E-state index is 6.20. The summed E-state index contributed by atoms with van der Waals surface area (Å²) in [4.78, 5) is 4.29. The number of hydrogen-bond acceptors (Lipinski definition) is 2. The summed E-state index contributed by atoms with van der Waals surface area (Å²) in [6.07, 6.45) is 1.97. The smallest absolute Gasteiger partial charge is 0.191 e. The van der Waals surface area contributed by atoms with E-state index >= 15 is 0 Å². The summed E-state index contributed by atoms with van der Waals surface area (Å²) in [5, 5.41) is 7.59. The van der Waals surface area contributed by atoms with Gasteiger partial charge in [0.25, 0.3) is 0 Å². The standard InChI is InChI=1S/C17H26ClN3O/c1-13(2)21-16(19-3)20-12-17(7-9-22-10-8-17)14-5-4-6-15(18)11-14/h4-6,11,13H,7-10,12H2,1-3H3,(H2,19,20,21). The van der Waals surface area contributed by atoms with Crippen molar-refractivity contribution in [3.63, 3.8) is 0 Å². The van der Waals surface area contributed by atoms with E-state index < -0.39 is 0 Å². The molecule has 0 unspecified atom stereocenters. The molecule has 1 fully saturated rings. The molecule has 1 aromatic carbocycles. The topological polar surface area (TPSA) is 45.7 Å². The van der Waals surface area contributed by atoms with Gasteiger partial charge in [0, 0.05) is 43.3 Å². The zero-order valence-corrected chi connectivity index (χ0v) is 14.4. The molecule has 4 nitrogen and oxygen atoms in total. The Balaban J connectivity index is 2.16. The van der Waals surface area contributed by atoms with E-state index in [2.05, 4.69) is 41.6 Å². The maximum atomic E-state index is 6.20. The van der Waals surface area contributed by atoms with Crippen LogP contribution in [0.4, 0.5) is 0 Å². The molecule has 0 aliphatic carbocycles. The first-order chi connectivity index (χ1) is 10.6. The lowest BCUT2D eigenvalue weighted by atomic mass is 9.74. The molecule has 2 rings (SSSR count). The van der Waals surface area contributed by atoms with Gasteiger partial charge in [-0.1, -0.05) is 23.7 Å². The highest BCUT2D eigenvalue weighted by Crippen LogP contribution is 2.35. The maximum Gasteiger partial charge on any atom is 0.191 e. The van der Waals surface area contributed by atoms with Gasteiger partial charge in [-0.3, -0.25) is 4.99 Å². The zero-order chi connectivity index (χ0) is 16.0. The van der Waals surface area contributed by atoms with Gasteiger partial charge in [-0.25, -0.2) is 0 Å². The van der Waals surface area contributed by atoms with Crippen molar-refractivity contribution < 1.29 is 4.74 Å². The van der Waals surface area contributed by atoms with Crippen molar-refractivity contribution >= 4 is 17.6 Å². The first kappa shape index (κ1) is 17.1. The van der Waals surface area contributed by atoms with Crippen LogP contribution in [0.1, 0.15) is 32.3 Å². The molecule has 0 radical (unpaired) electrons. The highest BCUT2D eigenvalue weighted by Gasteiger charge is 2.34. The quantitative estimate of drug-likeness (QED) is 0.661. The Hall–Kier alpha value is -1.26. The highest BCUT2D eigenvalue weighted by atomic mass is 35.5. The molecule has 2 N–H and O–H groups in total. The van der Waals surface area contributed by atoms with Crippen LogP contribution in [0.3, 0.4) is 0 Å². The van der Waals surface area contributed by atoms with Gasteiger partial charge in [0.1, 0.15) is 0 Å². The molecule has 1 aliphatic heterocycles. The third-order valence-corrected chi connectivity index (χ3v) is 4.37. The number of halogens is 1. The second-order valence-electron chi connectivity index (χ2n) is 6.13. The third-order valence-electron chi connectivity index (χ3n) is 4.13. The van der Waals surface area contributed by atoms with E-state index in [0.29, 0.717) is 6.04 Å². The number of hydrogen-bond donors (Lipinski definition) is 2. The van der Waals surface area contributed by atoms with E-state index in [-0.39, 0.29) is 5.41 Å². The largest absolute Gasteiger partial charge is 0.381 e. The predicted molar refractivity (Wildman–Crippen MR) is 92.8 cm³/mol. The van der Waals surface area contributed by atoms with E-state index in [1.165, 1.54) is 5.56 Å². The van der Waals surface area contributed by atoms with Crippen LogP contribution < -0.4 is 10.6 Å². The Morgan fingerprint density at radius 1 is 1.36 bits per heavy atom. The van der Waals surface area contributed by atoms with Crippen LogP contribution in [0.15, 0.2) is 29.3 Å². The molecule has 1 heterocycles. The second-order valence-corrected chi connectivity index (χ2v) is 6.56. The van der Waals surface area contributed by atoms with Crippen LogP contribution in [-0.2, 0) is 10.2 Å². The van der Waals surface area contributed by atoms with Gasteiger partial charge in [0.15, 0.2) is 5.96 Å². The van der Waals surface area contributed by atoms with Crippen molar-refractivity contribution in [2.75, 3.05) is 26.8 Å². The Bertz CT molecular complexity index is 510. The van der Waals surface area contributed by atoms with Gasteiger partial charge < -0.3 is 15.4 Å². The number of guanidine groups is 1. The van der Waals surface area contributed by atoms with Gasteiger partial charge >= 0.3 is 0 Å². The number of aliphatic imine (C=N–C) groups is 1. The average molecular weight is 324 g/mol. The molecule has 1 aromatic rings. The minimum atomic E-state index is 0.0394. The van der Waals surface area contributed by atoms with E-state index in [1.54, 1.807) is 7.05 Å². The van der Waals surface area contributed by atoms with Crippen LogP contribution >= 0.6 is 11.6 Å². The highest BCUT2D eigenvalue weighted by molar-refractivity contribution is 6.30. The van der Waals surface area contributed by atoms with E-state index in [1.807, 2.05) is 12.1 Å². The molecule has 0 aromatic heterocycles. The van der Waals surface area contributed by atoms with Crippen LogP contribution in [0.5, 0.6) is 0 Å². The number of nitrogens with zero attached hydrogens (tertiary/aromatic N) is 1. The molecule has 1 aliphatic rings. The van der Waals surface area contributed by atoms with Crippen molar-refractivity contribution in [1.82, 2.24) is 10.6 Å². The van der Waals surface area contributed by atoms with Gasteiger partial charge in [-0.05, 0) is 44.4 Å². The summed E-state index contributed by atoms with van der Waals surface area (Å²) >= 11 is 6.20. The van der Waals surface area contributed by atoms with Crippen molar-refractivity contribution in [3.05, 3.63) is 34.9 Å². The minimum Gasteiger partial charge on any atom is -0.381 e. The Morgan fingerprint density at radius 3 is 2.68 bits per heavy atom. The Kier molecular flexibility index (Phi) is 6.09. The van der Waals surface area contributed by atoms with Crippen molar-refractivity contribution in [3.8, 4) is 0 Å². The lowest BCUT2D eigenvalue weighted by Gasteiger charge is -2.38. The van der Waals surface area contributed by atoms with E-state index in [4.69, 9.17) is 16.3 Å². The van der Waals surface area contributed by atoms with Crippen molar-refractivity contribution in [1.29, 1.82) is 0 Å². The summed E-state index contributed by atoms with van der Waals surface area (Å²) in [7, 11) is 1.80. The van der Waals surface area contributed by atoms with Crippen LogP contribution in [0, 0.1) is 0 Å². The summed E-state index contributed by atoms with van der Waals surface area (Å²) in [6.45, 7) is 6.60. The van der Waals surface area contributed by atoms with E-state index in [0.717, 1.165) is 43.6 Å².